The van der Waals surface area contributed by atoms with Gasteiger partial charge in [0.1, 0.15) is 0 Å². The van der Waals surface area contributed by atoms with Crippen molar-refractivity contribution < 1.29 is 9.47 Å². The molecule has 0 amide bonds. The van der Waals surface area contributed by atoms with Crippen molar-refractivity contribution in [3.05, 3.63) is 23.8 Å². The Labute approximate surface area is 129 Å². The van der Waals surface area contributed by atoms with Crippen LogP contribution in [0.15, 0.2) is 18.2 Å². The fourth-order valence-corrected chi connectivity index (χ4v) is 3.35. The fourth-order valence-electron chi connectivity index (χ4n) is 3.35. The third-order valence-electron chi connectivity index (χ3n) is 4.77. The fraction of sp³-hybridized carbons (Fsp3) is 0.667. The molecule has 1 aromatic rings. The average molecular weight is 291 g/mol. The SMILES string of the molecule is CCOc1ccc(CNCC2(CC)CCCC2)cc1OC. The van der Waals surface area contributed by atoms with Crippen molar-refractivity contribution >= 4 is 0 Å². The lowest BCUT2D eigenvalue weighted by atomic mass is 9.83. The summed E-state index contributed by atoms with van der Waals surface area (Å²) in [6, 6.07) is 6.20. The van der Waals surface area contributed by atoms with Crippen LogP contribution in [0, 0.1) is 5.41 Å². The molecular weight excluding hydrogens is 262 g/mol. The summed E-state index contributed by atoms with van der Waals surface area (Å²) >= 11 is 0. The van der Waals surface area contributed by atoms with Crippen LogP contribution < -0.4 is 14.8 Å². The lowest BCUT2D eigenvalue weighted by Crippen LogP contribution is -2.31. The molecule has 0 aromatic heterocycles. The largest absolute Gasteiger partial charge is 0.493 e. The molecule has 0 radical (unpaired) electrons. The van der Waals surface area contributed by atoms with E-state index < -0.39 is 0 Å². The van der Waals surface area contributed by atoms with Gasteiger partial charge < -0.3 is 14.8 Å². The van der Waals surface area contributed by atoms with Crippen LogP contribution >= 0.6 is 0 Å². The van der Waals surface area contributed by atoms with Crippen molar-refractivity contribution in [2.75, 3.05) is 20.3 Å². The van der Waals surface area contributed by atoms with E-state index in [-0.39, 0.29) is 0 Å². The Morgan fingerprint density at radius 3 is 2.52 bits per heavy atom. The third kappa shape index (κ3) is 4.13. The molecule has 0 aliphatic heterocycles. The summed E-state index contributed by atoms with van der Waals surface area (Å²) in [4.78, 5) is 0. The van der Waals surface area contributed by atoms with Gasteiger partial charge in [-0.15, -0.1) is 0 Å². The second kappa shape index (κ2) is 7.69. The number of hydrogen-bond acceptors (Lipinski definition) is 3. The minimum atomic E-state index is 0.537. The van der Waals surface area contributed by atoms with Crippen LogP contribution in [0.25, 0.3) is 0 Å². The van der Waals surface area contributed by atoms with Gasteiger partial charge in [-0.2, -0.15) is 0 Å². The average Bonchev–Trinajstić information content (AvgIpc) is 2.98. The topological polar surface area (TPSA) is 30.5 Å². The van der Waals surface area contributed by atoms with Gasteiger partial charge in [-0.1, -0.05) is 25.8 Å². The lowest BCUT2D eigenvalue weighted by Gasteiger charge is -2.27. The van der Waals surface area contributed by atoms with E-state index in [1.807, 2.05) is 13.0 Å². The molecule has 0 atom stereocenters. The van der Waals surface area contributed by atoms with Crippen LogP contribution in [-0.4, -0.2) is 20.3 Å². The second-order valence-electron chi connectivity index (χ2n) is 6.08. The Morgan fingerprint density at radius 1 is 1.14 bits per heavy atom. The van der Waals surface area contributed by atoms with Crippen LogP contribution in [0.2, 0.25) is 0 Å². The Hall–Kier alpha value is -1.22. The first-order valence-corrected chi connectivity index (χ1v) is 8.23. The zero-order valence-corrected chi connectivity index (χ0v) is 13.7. The maximum absolute atomic E-state index is 5.56. The van der Waals surface area contributed by atoms with E-state index in [2.05, 4.69) is 24.4 Å². The highest BCUT2D eigenvalue weighted by Gasteiger charge is 2.31. The van der Waals surface area contributed by atoms with Gasteiger partial charge in [0.2, 0.25) is 0 Å². The summed E-state index contributed by atoms with van der Waals surface area (Å²) in [5.41, 5.74) is 1.79. The number of hydrogen-bond donors (Lipinski definition) is 1. The molecule has 0 spiro atoms. The van der Waals surface area contributed by atoms with Gasteiger partial charge in [-0.25, -0.2) is 0 Å². The summed E-state index contributed by atoms with van der Waals surface area (Å²) in [5, 5.41) is 3.64. The number of benzene rings is 1. The molecule has 3 nitrogen and oxygen atoms in total. The third-order valence-corrected chi connectivity index (χ3v) is 4.77. The summed E-state index contributed by atoms with van der Waals surface area (Å²) in [6.45, 7) is 6.99. The smallest absolute Gasteiger partial charge is 0.161 e. The van der Waals surface area contributed by atoms with E-state index in [1.54, 1.807) is 7.11 Å². The van der Waals surface area contributed by atoms with Gasteiger partial charge in [-0.05, 0) is 49.3 Å². The zero-order valence-electron chi connectivity index (χ0n) is 13.7. The van der Waals surface area contributed by atoms with Gasteiger partial charge in [0.25, 0.3) is 0 Å². The quantitative estimate of drug-likeness (QED) is 0.780. The number of methoxy groups -OCH3 is 1. The van der Waals surface area contributed by atoms with Crippen molar-refractivity contribution in [3.63, 3.8) is 0 Å². The van der Waals surface area contributed by atoms with Crippen molar-refractivity contribution in [2.24, 2.45) is 5.41 Å². The van der Waals surface area contributed by atoms with Crippen LogP contribution in [0.1, 0.15) is 51.5 Å². The van der Waals surface area contributed by atoms with Crippen LogP contribution in [0.4, 0.5) is 0 Å². The van der Waals surface area contributed by atoms with E-state index in [9.17, 15) is 0 Å². The molecule has 118 valence electrons. The molecule has 1 aliphatic carbocycles. The Bertz CT molecular complexity index is 439. The molecule has 21 heavy (non-hydrogen) atoms. The lowest BCUT2D eigenvalue weighted by molar-refractivity contribution is 0.268. The van der Waals surface area contributed by atoms with Crippen LogP contribution in [0.3, 0.4) is 0 Å². The molecule has 1 saturated carbocycles. The Kier molecular flexibility index (Phi) is 5.92. The normalized spacial score (nSPS) is 16.9. The highest BCUT2D eigenvalue weighted by atomic mass is 16.5. The second-order valence-corrected chi connectivity index (χ2v) is 6.08. The van der Waals surface area contributed by atoms with Gasteiger partial charge in [-0.3, -0.25) is 0 Å². The van der Waals surface area contributed by atoms with Gasteiger partial charge in [0, 0.05) is 13.1 Å². The predicted octanol–water partition coefficient (Wildman–Crippen LogP) is 4.15. The molecule has 3 heteroatoms. The number of rotatable bonds is 8. The minimum Gasteiger partial charge on any atom is -0.493 e. The van der Waals surface area contributed by atoms with Gasteiger partial charge in [0.05, 0.1) is 13.7 Å². The Morgan fingerprint density at radius 2 is 1.90 bits per heavy atom. The monoisotopic (exact) mass is 291 g/mol. The predicted molar refractivity (Wildman–Crippen MR) is 87.1 cm³/mol. The maximum Gasteiger partial charge on any atom is 0.161 e. The van der Waals surface area contributed by atoms with E-state index in [1.165, 1.54) is 37.7 Å². The molecule has 0 saturated heterocycles. The van der Waals surface area contributed by atoms with E-state index >= 15 is 0 Å². The molecule has 1 aliphatic rings. The molecule has 1 fully saturated rings. The van der Waals surface area contributed by atoms with Crippen molar-refractivity contribution in [1.82, 2.24) is 5.32 Å². The minimum absolute atomic E-state index is 0.537. The van der Waals surface area contributed by atoms with E-state index in [0.717, 1.165) is 24.6 Å². The maximum atomic E-state index is 5.56. The Balaban J connectivity index is 1.91. The van der Waals surface area contributed by atoms with Crippen molar-refractivity contribution in [2.45, 2.75) is 52.5 Å². The van der Waals surface area contributed by atoms with Crippen molar-refractivity contribution in [3.8, 4) is 11.5 Å². The standard InChI is InChI=1S/C18H29NO2/c1-4-18(10-6-7-11-18)14-19-13-15-8-9-16(21-5-2)17(12-15)20-3/h8-9,12,19H,4-7,10-11,13-14H2,1-3H3. The molecule has 0 unspecified atom stereocenters. The van der Waals surface area contributed by atoms with Gasteiger partial charge in [0.15, 0.2) is 11.5 Å². The number of nitrogens with one attached hydrogen (secondary N) is 1. The highest BCUT2D eigenvalue weighted by Crippen LogP contribution is 2.40. The summed E-state index contributed by atoms with van der Waals surface area (Å²) in [5.74, 6) is 1.65. The molecule has 1 N–H and O–H groups in total. The molecule has 2 rings (SSSR count). The first kappa shape index (κ1) is 16.2. The summed E-state index contributed by atoms with van der Waals surface area (Å²) < 4.78 is 11.0. The van der Waals surface area contributed by atoms with Gasteiger partial charge >= 0.3 is 0 Å². The first-order chi connectivity index (χ1) is 10.2. The molecular formula is C18H29NO2. The zero-order chi connectivity index (χ0) is 15.1. The van der Waals surface area contributed by atoms with E-state index in [0.29, 0.717) is 12.0 Å². The summed E-state index contributed by atoms with van der Waals surface area (Å²) in [6.07, 6.45) is 6.83. The van der Waals surface area contributed by atoms with Crippen LogP contribution in [0.5, 0.6) is 11.5 Å². The number of ether oxygens (including phenoxy) is 2. The molecule has 0 bridgehead atoms. The molecule has 1 aromatic carbocycles. The van der Waals surface area contributed by atoms with E-state index in [4.69, 9.17) is 9.47 Å². The van der Waals surface area contributed by atoms with Crippen LogP contribution in [-0.2, 0) is 6.54 Å². The molecule has 0 heterocycles. The first-order valence-electron chi connectivity index (χ1n) is 8.23. The summed E-state index contributed by atoms with van der Waals surface area (Å²) in [7, 11) is 1.69. The van der Waals surface area contributed by atoms with Crippen molar-refractivity contribution in [1.29, 1.82) is 0 Å². The highest BCUT2D eigenvalue weighted by molar-refractivity contribution is 5.42.